The smallest absolute Gasteiger partial charge is 0.151 e. The van der Waals surface area contributed by atoms with Gasteiger partial charge in [-0.15, -0.1) is 0 Å². The van der Waals surface area contributed by atoms with Crippen LogP contribution in [0.3, 0.4) is 0 Å². The Morgan fingerprint density at radius 2 is 1.86 bits per heavy atom. The summed E-state index contributed by atoms with van der Waals surface area (Å²) in [5.74, 6) is 1.41. The predicted molar refractivity (Wildman–Crippen MR) is 144 cm³/mol. The van der Waals surface area contributed by atoms with Gasteiger partial charge in [0.05, 0.1) is 22.3 Å². The summed E-state index contributed by atoms with van der Waals surface area (Å²) in [5.41, 5.74) is 6.73. The van der Waals surface area contributed by atoms with Crippen molar-refractivity contribution in [3.05, 3.63) is 109 Å². The second-order valence-electron chi connectivity index (χ2n) is 8.45. The largest absolute Gasteiger partial charge is 0.489 e. The van der Waals surface area contributed by atoms with Crippen molar-refractivity contribution in [2.45, 2.75) is 6.92 Å². The summed E-state index contributed by atoms with van der Waals surface area (Å²) < 4.78 is 9.54. The first-order valence-corrected chi connectivity index (χ1v) is 11.6. The van der Waals surface area contributed by atoms with Gasteiger partial charge in [0.15, 0.2) is 5.82 Å². The molecule has 0 aliphatic carbocycles. The number of allylic oxidation sites excluding steroid dienone is 1. The molecule has 176 valence electrons. The molecule has 36 heavy (non-hydrogen) atoms. The van der Waals surface area contributed by atoms with Crippen molar-refractivity contribution in [2.75, 3.05) is 6.61 Å². The minimum Gasteiger partial charge on any atom is -0.489 e. The van der Waals surface area contributed by atoms with Crippen LogP contribution in [0.1, 0.15) is 17.0 Å². The maximum Gasteiger partial charge on any atom is 0.151 e. The summed E-state index contributed by atoms with van der Waals surface area (Å²) in [6.07, 6.45) is 5.53. The fraction of sp³-hybridized carbons (Fsp3) is 0.100. The van der Waals surface area contributed by atoms with Gasteiger partial charge in [-0.3, -0.25) is 0 Å². The molecule has 0 saturated carbocycles. The van der Waals surface area contributed by atoms with Crippen LogP contribution in [0.5, 0.6) is 5.75 Å². The molecule has 0 aliphatic rings. The molecule has 0 saturated heterocycles. The molecule has 6 nitrogen and oxygen atoms in total. The number of nitrogens with zero attached hydrogens (tertiary/aromatic N) is 5. The van der Waals surface area contributed by atoms with Gasteiger partial charge in [-0.2, -0.15) is 10.4 Å². The standard InChI is InChI=1S/C30H25N5O/c1-4-16-36-28-15-14-22(17-21(28)2)29-24(20-35(33-29)25-10-6-5-7-11-25)18-23(19-31)30-32-26-12-8-9-13-27(26)34(30)3/h4-15,17-18,20H,1,16H2,2-3H3/b23-18-. The van der Waals surface area contributed by atoms with Crippen LogP contribution in [-0.2, 0) is 7.05 Å². The van der Waals surface area contributed by atoms with Gasteiger partial charge in [-0.1, -0.05) is 43.0 Å². The van der Waals surface area contributed by atoms with Crippen molar-refractivity contribution in [1.82, 2.24) is 19.3 Å². The fourth-order valence-electron chi connectivity index (χ4n) is 4.23. The van der Waals surface area contributed by atoms with Gasteiger partial charge in [0.25, 0.3) is 0 Å². The summed E-state index contributed by atoms with van der Waals surface area (Å²) in [6, 6.07) is 26.1. The average molecular weight is 472 g/mol. The minimum atomic E-state index is 0.445. The Kier molecular flexibility index (Phi) is 6.21. The van der Waals surface area contributed by atoms with E-state index in [1.54, 1.807) is 6.08 Å². The molecule has 0 atom stereocenters. The van der Waals surface area contributed by atoms with E-state index in [-0.39, 0.29) is 0 Å². The number of hydrogen-bond donors (Lipinski definition) is 0. The van der Waals surface area contributed by atoms with Gasteiger partial charge in [0, 0.05) is 24.4 Å². The molecule has 3 aromatic carbocycles. The highest BCUT2D eigenvalue weighted by molar-refractivity contribution is 5.93. The van der Waals surface area contributed by atoms with Crippen LogP contribution in [0.25, 0.3) is 39.6 Å². The summed E-state index contributed by atoms with van der Waals surface area (Å²) in [5, 5.41) is 15.0. The third-order valence-corrected chi connectivity index (χ3v) is 6.02. The number of imidazole rings is 1. The molecule has 0 aliphatic heterocycles. The summed E-state index contributed by atoms with van der Waals surface area (Å²) in [6.45, 7) is 6.17. The van der Waals surface area contributed by atoms with Crippen molar-refractivity contribution >= 4 is 22.7 Å². The van der Waals surface area contributed by atoms with Crippen molar-refractivity contribution in [2.24, 2.45) is 7.05 Å². The molecule has 2 heterocycles. The lowest BCUT2D eigenvalue weighted by molar-refractivity contribution is 0.361. The van der Waals surface area contributed by atoms with Crippen LogP contribution >= 0.6 is 0 Å². The third-order valence-electron chi connectivity index (χ3n) is 6.02. The molecular weight excluding hydrogens is 446 g/mol. The summed E-state index contributed by atoms with van der Waals surface area (Å²) in [7, 11) is 1.93. The van der Waals surface area contributed by atoms with Gasteiger partial charge < -0.3 is 9.30 Å². The van der Waals surface area contributed by atoms with E-state index in [1.807, 2.05) is 102 Å². The molecule has 0 unspecified atom stereocenters. The summed E-state index contributed by atoms with van der Waals surface area (Å²) >= 11 is 0. The highest BCUT2D eigenvalue weighted by Crippen LogP contribution is 2.31. The zero-order valence-electron chi connectivity index (χ0n) is 20.2. The quantitative estimate of drug-likeness (QED) is 0.204. The molecule has 0 radical (unpaired) electrons. The Morgan fingerprint density at radius 1 is 1.08 bits per heavy atom. The maximum atomic E-state index is 10.1. The third kappa shape index (κ3) is 4.30. The van der Waals surface area contributed by atoms with Crippen LogP contribution in [0.15, 0.2) is 91.6 Å². The normalized spacial score (nSPS) is 11.4. The minimum absolute atomic E-state index is 0.445. The first kappa shape index (κ1) is 22.9. The van der Waals surface area contributed by atoms with Gasteiger partial charge in [0.2, 0.25) is 0 Å². The highest BCUT2D eigenvalue weighted by Gasteiger charge is 2.17. The van der Waals surface area contributed by atoms with Crippen LogP contribution in [0, 0.1) is 18.3 Å². The number of hydrogen-bond acceptors (Lipinski definition) is 4. The number of aryl methyl sites for hydroxylation is 2. The van der Waals surface area contributed by atoms with Crippen LogP contribution in [0.2, 0.25) is 0 Å². The zero-order valence-corrected chi connectivity index (χ0v) is 20.2. The Bertz CT molecular complexity index is 1630. The number of ether oxygens (including phenoxy) is 1. The van der Waals surface area contributed by atoms with Crippen LogP contribution in [-0.4, -0.2) is 25.9 Å². The molecular formula is C30H25N5O. The van der Waals surface area contributed by atoms with Gasteiger partial charge in [0.1, 0.15) is 24.1 Å². The Labute approximate surface area is 210 Å². The van der Waals surface area contributed by atoms with Crippen molar-refractivity contribution < 1.29 is 4.74 Å². The van der Waals surface area contributed by atoms with E-state index in [2.05, 4.69) is 18.7 Å². The number of para-hydroxylation sites is 3. The maximum absolute atomic E-state index is 10.1. The molecule has 0 N–H and O–H groups in total. The van der Waals surface area contributed by atoms with E-state index in [4.69, 9.17) is 14.8 Å². The number of fused-ring (bicyclic) bond motifs is 1. The molecule has 0 spiro atoms. The lowest BCUT2D eigenvalue weighted by Gasteiger charge is -2.09. The van der Waals surface area contributed by atoms with Crippen molar-refractivity contribution in [3.63, 3.8) is 0 Å². The molecule has 0 bridgehead atoms. The van der Waals surface area contributed by atoms with E-state index < -0.39 is 0 Å². The molecule has 5 rings (SSSR count). The van der Waals surface area contributed by atoms with E-state index in [0.29, 0.717) is 18.0 Å². The second kappa shape index (κ2) is 9.77. The van der Waals surface area contributed by atoms with Gasteiger partial charge in [-0.05, 0) is 61.0 Å². The molecule has 0 amide bonds. The molecule has 5 aromatic rings. The lowest BCUT2D eigenvalue weighted by Crippen LogP contribution is -1.97. The van der Waals surface area contributed by atoms with Crippen molar-refractivity contribution in [1.29, 1.82) is 5.26 Å². The first-order chi connectivity index (χ1) is 17.6. The molecule has 2 aromatic heterocycles. The highest BCUT2D eigenvalue weighted by atomic mass is 16.5. The van der Waals surface area contributed by atoms with E-state index in [9.17, 15) is 5.26 Å². The van der Waals surface area contributed by atoms with E-state index in [0.717, 1.165) is 44.9 Å². The topological polar surface area (TPSA) is 68.7 Å². The second-order valence-corrected chi connectivity index (χ2v) is 8.45. The SMILES string of the molecule is C=CCOc1ccc(-c2nn(-c3ccccc3)cc2/C=C(/C#N)c2nc3ccccc3n2C)cc1C. The Balaban J connectivity index is 1.65. The Hall–Kier alpha value is -4.89. The fourth-order valence-corrected chi connectivity index (χ4v) is 4.23. The average Bonchev–Trinajstić information content (AvgIpc) is 3.48. The zero-order chi connectivity index (χ0) is 25.1. The number of aromatic nitrogens is 4. The number of rotatable bonds is 7. The summed E-state index contributed by atoms with van der Waals surface area (Å²) in [4.78, 5) is 4.72. The molecule has 0 fully saturated rings. The van der Waals surface area contributed by atoms with Crippen molar-refractivity contribution in [3.8, 4) is 28.8 Å². The predicted octanol–water partition coefficient (Wildman–Crippen LogP) is 6.36. The van der Waals surface area contributed by atoms with E-state index in [1.165, 1.54) is 0 Å². The molecule has 6 heteroatoms. The number of nitriles is 1. The van der Waals surface area contributed by atoms with Gasteiger partial charge in [-0.25, -0.2) is 9.67 Å². The Morgan fingerprint density at radius 3 is 2.58 bits per heavy atom. The lowest BCUT2D eigenvalue weighted by atomic mass is 10.0. The monoisotopic (exact) mass is 471 g/mol. The number of benzene rings is 3. The van der Waals surface area contributed by atoms with Crippen LogP contribution < -0.4 is 4.74 Å². The van der Waals surface area contributed by atoms with Gasteiger partial charge >= 0.3 is 0 Å². The first-order valence-electron chi connectivity index (χ1n) is 11.6. The van der Waals surface area contributed by atoms with Crippen LogP contribution in [0.4, 0.5) is 0 Å². The van der Waals surface area contributed by atoms with E-state index >= 15 is 0 Å².